The van der Waals surface area contributed by atoms with Crippen LogP contribution in [0.1, 0.15) is 23.4 Å². The number of para-hydroxylation sites is 1. The molecule has 2 nitrogen and oxygen atoms in total. The highest BCUT2D eigenvalue weighted by molar-refractivity contribution is 7.10. The van der Waals surface area contributed by atoms with Crippen molar-refractivity contribution in [2.24, 2.45) is 5.73 Å². The molecule has 1 unspecified atom stereocenters. The van der Waals surface area contributed by atoms with Crippen LogP contribution in [0.3, 0.4) is 0 Å². The average molecular weight is 247 g/mol. The number of thiophene rings is 1. The van der Waals surface area contributed by atoms with Gasteiger partial charge in [0.15, 0.2) is 0 Å². The fourth-order valence-corrected chi connectivity index (χ4v) is 2.54. The molecule has 0 spiro atoms. The van der Waals surface area contributed by atoms with E-state index in [-0.39, 0.29) is 6.04 Å². The van der Waals surface area contributed by atoms with Gasteiger partial charge >= 0.3 is 0 Å². The summed E-state index contributed by atoms with van der Waals surface area (Å²) in [5, 5.41) is 2.06. The second-order valence-electron chi connectivity index (χ2n) is 3.87. The largest absolute Gasteiger partial charge is 0.494 e. The minimum Gasteiger partial charge on any atom is -0.494 e. The van der Waals surface area contributed by atoms with Crippen molar-refractivity contribution < 1.29 is 4.74 Å². The quantitative estimate of drug-likeness (QED) is 0.879. The van der Waals surface area contributed by atoms with Crippen molar-refractivity contribution in [2.45, 2.75) is 19.4 Å². The maximum Gasteiger partial charge on any atom is 0.122 e. The number of ether oxygens (including phenoxy) is 1. The first-order chi connectivity index (χ1) is 8.31. The standard InChI is InChI=1S/C14H17NOS/c1-2-16-13-7-4-3-6-11(13)10-12(15)14-8-5-9-17-14/h3-9,12H,2,10,15H2,1H3. The molecule has 2 N–H and O–H groups in total. The van der Waals surface area contributed by atoms with E-state index in [1.54, 1.807) is 11.3 Å². The summed E-state index contributed by atoms with van der Waals surface area (Å²) in [6, 6.07) is 12.3. The molecule has 1 aromatic carbocycles. The molecular weight excluding hydrogens is 230 g/mol. The van der Waals surface area contributed by atoms with Gasteiger partial charge in [-0.15, -0.1) is 11.3 Å². The molecule has 0 amide bonds. The first kappa shape index (κ1) is 12.1. The summed E-state index contributed by atoms with van der Waals surface area (Å²) >= 11 is 1.70. The Morgan fingerprint density at radius 3 is 2.76 bits per heavy atom. The van der Waals surface area contributed by atoms with Crippen LogP contribution in [0.2, 0.25) is 0 Å². The Kier molecular flexibility index (Phi) is 4.18. The molecule has 3 heteroatoms. The topological polar surface area (TPSA) is 35.2 Å². The molecule has 2 rings (SSSR count). The van der Waals surface area contributed by atoms with Crippen LogP contribution in [0, 0.1) is 0 Å². The Balaban J connectivity index is 2.12. The second kappa shape index (κ2) is 5.84. The van der Waals surface area contributed by atoms with Gasteiger partial charge in [-0.2, -0.15) is 0 Å². The van der Waals surface area contributed by atoms with E-state index < -0.39 is 0 Å². The van der Waals surface area contributed by atoms with Gasteiger partial charge in [0.2, 0.25) is 0 Å². The lowest BCUT2D eigenvalue weighted by molar-refractivity contribution is 0.335. The average Bonchev–Trinajstić information content (AvgIpc) is 2.85. The Morgan fingerprint density at radius 1 is 1.24 bits per heavy atom. The smallest absolute Gasteiger partial charge is 0.122 e. The summed E-state index contributed by atoms with van der Waals surface area (Å²) in [4.78, 5) is 1.22. The lowest BCUT2D eigenvalue weighted by atomic mass is 10.0. The minimum absolute atomic E-state index is 0.0524. The van der Waals surface area contributed by atoms with E-state index in [1.807, 2.05) is 31.2 Å². The molecule has 90 valence electrons. The predicted octanol–water partition coefficient (Wildman–Crippen LogP) is 3.39. The summed E-state index contributed by atoms with van der Waals surface area (Å²) in [6.45, 7) is 2.68. The van der Waals surface area contributed by atoms with E-state index in [2.05, 4.69) is 17.5 Å². The summed E-state index contributed by atoms with van der Waals surface area (Å²) in [6.07, 6.45) is 0.816. The molecule has 1 heterocycles. The van der Waals surface area contributed by atoms with Crippen LogP contribution in [0.4, 0.5) is 0 Å². The summed E-state index contributed by atoms with van der Waals surface area (Å²) in [7, 11) is 0. The number of rotatable bonds is 5. The number of nitrogens with two attached hydrogens (primary N) is 1. The Bertz CT molecular complexity index is 453. The Labute approximate surface area is 106 Å². The SMILES string of the molecule is CCOc1ccccc1CC(N)c1cccs1. The van der Waals surface area contributed by atoms with Gasteiger partial charge in [-0.3, -0.25) is 0 Å². The third-order valence-electron chi connectivity index (χ3n) is 2.62. The van der Waals surface area contributed by atoms with Gasteiger partial charge in [-0.05, 0) is 36.4 Å². The van der Waals surface area contributed by atoms with Crippen molar-refractivity contribution in [3.8, 4) is 5.75 Å². The Hall–Kier alpha value is -1.32. The number of hydrogen-bond donors (Lipinski definition) is 1. The van der Waals surface area contributed by atoms with Crippen molar-refractivity contribution in [3.63, 3.8) is 0 Å². The van der Waals surface area contributed by atoms with E-state index in [0.29, 0.717) is 6.61 Å². The molecule has 0 bridgehead atoms. The minimum atomic E-state index is 0.0524. The van der Waals surface area contributed by atoms with E-state index in [1.165, 1.54) is 10.4 Å². The summed E-state index contributed by atoms with van der Waals surface area (Å²) in [5.74, 6) is 0.946. The molecule has 0 radical (unpaired) electrons. The molecule has 1 atom stereocenters. The first-order valence-electron chi connectivity index (χ1n) is 5.81. The number of hydrogen-bond acceptors (Lipinski definition) is 3. The highest BCUT2D eigenvalue weighted by Crippen LogP contribution is 2.25. The van der Waals surface area contributed by atoms with Crippen LogP contribution in [0.25, 0.3) is 0 Å². The maximum absolute atomic E-state index is 6.19. The van der Waals surface area contributed by atoms with Crippen LogP contribution in [0.15, 0.2) is 41.8 Å². The van der Waals surface area contributed by atoms with Crippen molar-refractivity contribution >= 4 is 11.3 Å². The van der Waals surface area contributed by atoms with Crippen molar-refractivity contribution in [1.29, 1.82) is 0 Å². The molecule has 0 aliphatic carbocycles. The van der Waals surface area contributed by atoms with Gasteiger partial charge < -0.3 is 10.5 Å². The van der Waals surface area contributed by atoms with E-state index >= 15 is 0 Å². The van der Waals surface area contributed by atoms with Crippen LogP contribution < -0.4 is 10.5 Å². The summed E-state index contributed by atoms with van der Waals surface area (Å²) < 4.78 is 5.60. The monoisotopic (exact) mass is 247 g/mol. The zero-order chi connectivity index (χ0) is 12.1. The third kappa shape index (κ3) is 3.08. The lowest BCUT2D eigenvalue weighted by Crippen LogP contribution is -2.12. The van der Waals surface area contributed by atoms with E-state index in [9.17, 15) is 0 Å². The maximum atomic E-state index is 6.19. The van der Waals surface area contributed by atoms with Crippen LogP contribution >= 0.6 is 11.3 Å². The highest BCUT2D eigenvalue weighted by Gasteiger charge is 2.11. The van der Waals surface area contributed by atoms with Gasteiger partial charge in [0.05, 0.1) is 6.61 Å². The third-order valence-corrected chi connectivity index (χ3v) is 3.63. The van der Waals surface area contributed by atoms with Crippen molar-refractivity contribution in [2.75, 3.05) is 6.61 Å². The number of benzene rings is 1. The molecule has 2 aromatic rings. The zero-order valence-electron chi connectivity index (χ0n) is 9.93. The second-order valence-corrected chi connectivity index (χ2v) is 4.85. The molecule has 1 aromatic heterocycles. The van der Waals surface area contributed by atoms with Crippen molar-refractivity contribution in [3.05, 3.63) is 52.2 Å². The molecule has 0 saturated heterocycles. The Morgan fingerprint density at radius 2 is 2.06 bits per heavy atom. The van der Waals surface area contributed by atoms with Gasteiger partial charge in [0.1, 0.15) is 5.75 Å². The van der Waals surface area contributed by atoms with E-state index in [0.717, 1.165) is 12.2 Å². The van der Waals surface area contributed by atoms with Crippen molar-refractivity contribution in [1.82, 2.24) is 0 Å². The highest BCUT2D eigenvalue weighted by atomic mass is 32.1. The normalized spacial score (nSPS) is 12.4. The fraction of sp³-hybridized carbons (Fsp3) is 0.286. The molecular formula is C14H17NOS. The zero-order valence-corrected chi connectivity index (χ0v) is 10.7. The molecule has 0 aliphatic heterocycles. The summed E-state index contributed by atoms with van der Waals surface area (Å²) in [5.41, 5.74) is 7.37. The molecule has 17 heavy (non-hydrogen) atoms. The molecule has 0 aliphatic rings. The van der Waals surface area contributed by atoms with Crippen LogP contribution in [-0.4, -0.2) is 6.61 Å². The lowest BCUT2D eigenvalue weighted by Gasteiger charge is -2.13. The molecule has 0 fully saturated rings. The van der Waals surface area contributed by atoms with Gasteiger partial charge in [-0.1, -0.05) is 24.3 Å². The van der Waals surface area contributed by atoms with Crippen LogP contribution in [0.5, 0.6) is 5.75 Å². The van der Waals surface area contributed by atoms with E-state index in [4.69, 9.17) is 10.5 Å². The van der Waals surface area contributed by atoms with Gasteiger partial charge in [-0.25, -0.2) is 0 Å². The van der Waals surface area contributed by atoms with Gasteiger partial charge in [0, 0.05) is 10.9 Å². The first-order valence-corrected chi connectivity index (χ1v) is 6.69. The predicted molar refractivity (Wildman–Crippen MR) is 72.6 cm³/mol. The molecule has 0 saturated carbocycles. The van der Waals surface area contributed by atoms with Gasteiger partial charge in [0.25, 0.3) is 0 Å². The van der Waals surface area contributed by atoms with Crippen LogP contribution in [-0.2, 0) is 6.42 Å². The fourth-order valence-electron chi connectivity index (χ4n) is 1.81.